The summed E-state index contributed by atoms with van der Waals surface area (Å²) in [6.45, 7) is 3.97. The molecular weight excluding hydrogens is 309 g/mol. The number of aromatic nitrogens is 1. The molecule has 0 bridgehead atoms. The maximum atomic E-state index is 13.9. The highest BCUT2D eigenvalue weighted by molar-refractivity contribution is 5.45. The number of hydrogen-bond acceptors (Lipinski definition) is 5. The fourth-order valence-electron chi connectivity index (χ4n) is 3.33. The van der Waals surface area contributed by atoms with Gasteiger partial charge in [0, 0.05) is 31.4 Å². The number of benzene rings is 1. The third kappa shape index (κ3) is 2.89. The molecule has 3 heterocycles. The maximum absolute atomic E-state index is 13.9. The number of rotatable bonds is 4. The predicted octanol–water partition coefficient (Wildman–Crippen LogP) is 2.88. The molecule has 1 saturated heterocycles. The van der Waals surface area contributed by atoms with Gasteiger partial charge in [-0.15, -0.1) is 0 Å². The SMILES string of the molecule is C[C@@H](N[C@H]1CCN(c2ncccc2F)C1)c1ccc2c(c1)OCO2. The van der Waals surface area contributed by atoms with Crippen molar-refractivity contribution >= 4 is 5.82 Å². The minimum Gasteiger partial charge on any atom is -0.454 e. The van der Waals surface area contributed by atoms with Gasteiger partial charge in [0.2, 0.25) is 6.79 Å². The summed E-state index contributed by atoms with van der Waals surface area (Å²) in [5.41, 5.74) is 1.15. The molecule has 0 unspecified atom stereocenters. The number of nitrogens with zero attached hydrogens (tertiary/aromatic N) is 2. The Bertz CT molecular complexity index is 740. The third-order valence-electron chi connectivity index (χ3n) is 4.61. The first-order valence-corrected chi connectivity index (χ1v) is 8.22. The summed E-state index contributed by atoms with van der Waals surface area (Å²) in [6.07, 6.45) is 2.60. The standard InChI is InChI=1S/C18H20FN3O2/c1-12(13-4-5-16-17(9-13)24-11-23-16)21-14-6-8-22(10-14)18-15(19)3-2-7-20-18/h2-5,7,9,12,14,21H,6,8,10-11H2,1H3/t12-,14+/m1/s1. The van der Waals surface area contributed by atoms with Gasteiger partial charge in [-0.25, -0.2) is 9.37 Å². The monoisotopic (exact) mass is 329 g/mol. The second-order valence-electron chi connectivity index (χ2n) is 6.24. The molecule has 0 amide bonds. The summed E-state index contributed by atoms with van der Waals surface area (Å²) in [7, 11) is 0. The van der Waals surface area contributed by atoms with E-state index in [4.69, 9.17) is 9.47 Å². The number of halogens is 1. The maximum Gasteiger partial charge on any atom is 0.231 e. The van der Waals surface area contributed by atoms with Gasteiger partial charge in [0.05, 0.1) is 0 Å². The van der Waals surface area contributed by atoms with E-state index in [0.717, 1.165) is 36.6 Å². The van der Waals surface area contributed by atoms with Crippen molar-refractivity contribution in [2.24, 2.45) is 0 Å². The van der Waals surface area contributed by atoms with Crippen LogP contribution in [0.15, 0.2) is 36.5 Å². The molecule has 24 heavy (non-hydrogen) atoms. The van der Waals surface area contributed by atoms with Crippen LogP contribution in [0.2, 0.25) is 0 Å². The Morgan fingerprint density at radius 2 is 2.17 bits per heavy atom. The molecule has 1 aromatic heterocycles. The summed E-state index contributed by atoms with van der Waals surface area (Å²) in [5.74, 6) is 1.77. The van der Waals surface area contributed by atoms with Crippen LogP contribution in [0.5, 0.6) is 11.5 Å². The van der Waals surface area contributed by atoms with E-state index >= 15 is 0 Å². The molecule has 1 aromatic carbocycles. The normalized spacial score (nSPS) is 20.4. The van der Waals surface area contributed by atoms with E-state index in [1.165, 1.54) is 6.07 Å². The summed E-state index contributed by atoms with van der Waals surface area (Å²) in [6, 6.07) is 9.57. The Morgan fingerprint density at radius 3 is 3.04 bits per heavy atom. The van der Waals surface area contributed by atoms with Crippen LogP contribution in [-0.4, -0.2) is 30.9 Å². The van der Waals surface area contributed by atoms with Crippen LogP contribution in [0.1, 0.15) is 24.9 Å². The van der Waals surface area contributed by atoms with Gasteiger partial charge in [-0.2, -0.15) is 0 Å². The Kier molecular flexibility index (Phi) is 3.98. The first-order chi connectivity index (χ1) is 11.7. The average Bonchev–Trinajstić information content (AvgIpc) is 3.23. The predicted molar refractivity (Wildman–Crippen MR) is 88.9 cm³/mol. The number of ether oxygens (including phenoxy) is 2. The lowest BCUT2D eigenvalue weighted by molar-refractivity contribution is 0.174. The fraction of sp³-hybridized carbons (Fsp3) is 0.389. The summed E-state index contributed by atoms with van der Waals surface area (Å²) < 4.78 is 24.7. The molecule has 0 radical (unpaired) electrons. The molecule has 6 heteroatoms. The largest absolute Gasteiger partial charge is 0.454 e. The first kappa shape index (κ1) is 15.2. The number of nitrogens with one attached hydrogen (secondary N) is 1. The van der Waals surface area contributed by atoms with E-state index in [2.05, 4.69) is 23.3 Å². The van der Waals surface area contributed by atoms with Crippen LogP contribution in [0.3, 0.4) is 0 Å². The van der Waals surface area contributed by atoms with Gasteiger partial charge in [0.1, 0.15) is 0 Å². The molecule has 4 rings (SSSR count). The Hall–Kier alpha value is -2.34. The number of hydrogen-bond donors (Lipinski definition) is 1. The van der Waals surface area contributed by atoms with Crippen LogP contribution in [-0.2, 0) is 0 Å². The van der Waals surface area contributed by atoms with Crippen LogP contribution >= 0.6 is 0 Å². The summed E-state index contributed by atoms with van der Waals surface area (Å²) in [4.78, 5) is 6.16. The van der Waals surface area contributed by atoms with Gasteiger partial charge in [-0.1, -0.05) is 6.07 Å². The zero-order valence-corrected chi connectivity index (χ0v) is 13.5. The van der Waals surface area contributed by atoms with E-state index < -0.39 is 0 Å². The van der Waals surface area contributed by atoms with Gasteiger partial charge >= 0.3 is 0 Å². The van der Waals surface area contributed by atoms with Gasteiger partial charge in [0.15, 0.2) is 23.1 Å². The van der Waals surface area contributed by atoms with Crippen molar-refractivity contribution in [3.63, 3.8) is 0 Å². The molecule has 2 aromatic rings. The lowest BCUT2D eigenvalue weighted by atomic mass is 10.1. The zero-order chi connectivity index (χ0) is 16.5. The third-order valence-corrected chi connectivity index (χ3v) is 4.61. The Balaban J connectivity index is 1.40. The number of anilines is 1. The van der Waals surface area contributed by atoms with E-state index in [0.29, 0.717) is 11.9 Å². The molecular formula is C18H20FN3O2. The van der Waals surface area contributed by atoms with Gasteiger partial charge in [-0.05, 0) is 43.2 Å². The molecule has 5 nitrogen and oxygen atoms in total. The van der Waals surface area contributed by atoms with E-state index in [9.17, 15) is 4.39 Å². The molecule has 0 aliphatic carbocycles. The molecule has 0 spiro atoms. The van der Waals surface area contributed by atoms with Crippen molar-refractivity contribution in [3.8, 4) is 11.5 Å². The van der Waals surface area contributed by atoms with Gasteiger partial charge < -0.3 is 19.7 Å². The van der Waals surface area contributed by atoms with Crippen molar-refractivity contribution in [1.29, 1.82) is 0 Å². The van der Waals surface area contributed by atoms with Crippen molar-refractivity contribution in [2.75, 3.05) is 24.8 Å². The molecule has 1 fully saturated rings. The molecule has 2 atom stereocenters. The highest BCUT2D eigenvalue weighted by Crippen LogP contribution is 2.34. The highest BCUT2D eigenvalue weighted by Gasteiger charge is 2.26. The molecule has 1 N–H and O–H groups in total. The van der Waals surface area contributed by atoms with E-state index in [1.807, 2.05) is 17.0 Å². The smallest absolute Gasteiger partial charge is 0.231 e. The Morgan fingerprint density at radius 1 is 1.29 bits per heavy atom. The summed E-state index contributed by atoms with van der Waals surface area (Å²) in [5, 5.41) is 3.62. The molecule has 126 valence electrons. The summed E-state index contributed by atoms with van der Waals surface area (Å²) >= 11 is 0. The van der Waals surface area contributed by atoms with Crippen molar-refractivity contribution in [3.05, 3.63) is 47.9 Å². The van der Waals surface area contributed by atoms with Gasteiger partial charge in [-0.3, -0.25) is 0 Å². The van der Waals surface area contributed by atoms with Crippen LogP contribution in [0.25, 0.3) is 0 Å². The highest BCUT2D eigenvalue weighted by atomic mass is 19.1. The minimum absolute atomic E-state index is 0.179. The molecule has 2 aliphatic rings. The van der Waals surface area contributed by atoms with Crippen LogP contribution in [0.4, 0.5) is 10.2 Å². The average molecular weight is 329 g/mol. The van der Waals surface area contributed by atoms with E-state index in [1.54, 1.807) is 12.3 Å². The number of pyridine rings is 1. The second kappa shape index (κ2) is 6.28. The topological polar surface area (TPSA) is 46.6 Å². The number of fused-ring (bicyclic) bond motifs is 1. The fourth-order valence-corrected chi connectivity index (χ4v) is 3.33. The lowest BCUT2D eigenvalue weighted by Crippen LogP contribution is -2.34. The Labute approximate surface area is 140 Å². The second-order valence-corrected chi connectivity index (χ2v) is 6.24. The van der Waals surface area contributed by atoms with Crippen LogP contribution in [0, 0.1) is 5.82 Å². The first-order valence-electron chi connectivity index (χ1n) is 8.22. The quantitative estimate of drug-likeness (QED) is 0.934. The molecule has 2 aliphatic heterocycles. The minimum atomic E-state index is -0.262. The van der Waals surface area contributed by atoms with Crippen molar-refractivity contribution in [2.45, 2.75) is 25.4 Å². The van der Waals surface area contributed by atoms with Crippen molar-refractivity contribution < 1.29 is 13.9 Å². The molecule has 0 saturated carbocycles. The lowest BCUT2D eigenvalue weighted by Gasteiger charge is -2.21. The van der Waals surface area contributed by atoms with Gasteiger partial charge in [0.25, 0.3) is 0 Å². The van der Waals surface area contributed by atoms with Crippen LogP contribution < -0.4 is 19.7 Å². The van der Waals surface area contributed by atoms with Crippen molar-refractivity contribution in [1.82, 2.24) is 10.3 Å². The zero-order valence-electron chi connectivity index (χ0n) is 13.5. The van der Waals surface area contributed by atoms with E-state index in [-0.39, 0.29) is 18.7 Å².